The number of nitrogens with zero attached hydrogens (tertiary/aromatic N) is 1. The maximum absolute atomic E-state index is 13.8. The molecule has 202 valence electrons. The Morgan fingerprint density at radius 1 is 0.923 bits per heavy atom. The number of benzene rings is 3. The lowest BCUT2D eigenvalue weighted by molar-refractivity contribution is -0.151. The monoisotopic (exact) mass is 526 g/mol. The summed E-state index contributed by atoms with van der Waals surface area (Å²) in [7, 11) is 3.25. The van der Waals surface area contributed by atoms with E-state index in [1.165, 1.54) is 6.08 Å². The first kappa shape index (κ1) is 27.5. The molecule has 1 aliphatic rings. The molecule has 2 atom stereocenters. The highest BCUT2D eigenvalue weighted by Crippen LogP contribution is 2.39. The summed E-state index contributed by atoms with van der Waals surface area (Å²) < 4.78 is 15.8. The molecule has 1 heterocycles. The Balaban J connectivity index is 1.73. The van der Waals surface area contributed by atoms with Crippen LogP contribution in [-0.4, -0.2) is 49.7 Å². The van der Waals surface area contributed by atoms with Crippen LogP contribution < -0.4 is 14.8 Å². The maximum Gasteiger partial charge on any atom is 0.332 e. The third-order valence-corrected chi connectivity index (χ3v) is 6.61. The SMILES string of the molecule is CCOC(=O)C=C(C)NC1C(=O)N(C(c2ccc(OC)cc2)c2ccc(OC)cc2)C1C=Cc1ccccc1. The summed E-state index contributed by atoms with van der Waals surface area (Å²) in [5, 5.41) is 3.24. The number of amides is 1. The Kier molecular flexibility index (Phi) is 9.05. The first-order chi connectivity index (χ1) is 18.9. The van der Waals surface area contributed by atoms with Crippen molar-refractivity contribution in [2.24, 2.45) is 0 Å². The summed E-state index contributed by atoms with van der Waals surface area (Å²) in [4.78, 5) is 27.7. The van der Waals surface area contributed by atoms with Crippen molar-refractivity contribution in [3.8, 4) is 11.5 Å². The quantitative estimate of drug-likeness (QED) is 0.212. The molecule has 1 saturated heterocycles. The van der Waals surface area contributed by atoms with Gasteiger partial charge in [-0.05, 0) is 54.8 Å². The molecule has 1 aliphatic heterocycles. The largest absolute Gasteiger partial charge is 0.497 e. The molecule has 39 heavy (non-hydrogen) atoms. The van der Waals surface area contributed by atoms with E-state index in [1.54, 1.807) is 28.1 Å². The zero-order valence-corrected chi connectivity index (χ0v) is 22.7. The van der Waals surface area contributed by atoms with Crippen LogP contribution in [0.1, 0.15) is 36.6 Å². The van der Waals surface area contributed by atoms with Crippen molar-refractivity contribution >= 4 is 18.0 Å². The minimum Gasteiger partial charge on any atom is -0.497 e. The van der Waals surface area contributed by atoms with Crippen molar-refractivity contribution in [1.82, 2.24) is 10.2 Å². The molecule has 0 bridgehead atoms. The van der Waals surface area contributed by atoms with Crippen LogP contribution in [0.25, 0.3) is 6.08 Å². The molecule has 0 aromatic heterocycles. The van der Waals surface area contributed by atoms with Crippen LogP contribution in [0, 0.1) is 0 Å². The summed E-state index contributed by atoms with van der Waals surface area (Å²) >= 11 is 0. The van der Waals surface area contributed by atoms with Crippen molar-refractivity contribution < 1.29 is 23.8 Å². The highest BCUT2D eigenvalue weighted by Gasteiger charge is 2.50. The number of nitrogens with one attached hydrogen (secondary N) is 1. The van der Waals surface area contributed by atoms with Crippen molar-refractivity contribution in [1.29, 1.82) is 0 Å². The first-order valence-corrected chi connectivity index (χ1v) is 12.9. The van der Waals surface area contributed by atoms with Gasteiger partial charge in [-0.2, -0.15) is 0 Å². The second kappa shape index (κ2) is 12.8. The number of allylic oxidation sites excluding steroid dienone is 1. The van der Waals surface area contributed by atoms with Crippen molar-refractivity contribution in [2.45, 2.75) is 32.0 Å². The Morgan fingerprint density at radius 2 is 1.49 bits per heavy atom. The third kappa shape index (κ3) is 6.49. The van der Waals surface area contributed by atoms with Gasteiger partial charge in [0.05, 0.1) is 32.9 Å². The summed E-state index contributed by atoms with van der Waals surface area (Å²) in [6.07, 6.45) is 5.43. The normalized spacial score (nSPS) is 17.2. The lowest BCUT2D eigenvalue weighted by atomic mass is 9.86. The Labute approximate surface area is 229 Å². The Bertz CT molecular complexity index is 1270. The molecular formula is C32H34N2O5. The topological polar surface area (TPSA) is 77.1 Å². The number of likely N-dealkylation sites (tertiary alicyclic amines) is 1. The number of ether oxygens (including phenoxy) is 3. The van der Waals surface area contributed by atoms with Crippen LogP contribution in [0.2, 0.25) is 0 Å². The summed E-state index contributed by atoms with van der Waals surface area (Å²) in [5.41, 5.74) is 3.49. The zero-order valence-electron chi connectivity index (χ0n) is 22.7. The molecule has 3 aromatic carbocycles. The van der Waals surface area contributed by atoms with Crippen LogP contribution in [0.5, 0.6) is 11.5 Å². The smallest absolute Gasteiger partial charge is 0.332 e. The van der Waals surface area contributed by atoms with E-state index in [2.05, 4.69) is 5.32 Å². The number of carbonyl (C=O) groups excluding carboxylic acids is 2. The van der Waals surface area contributed by atoms with Gasteiger partial charge in [0, 0.05) is 11.8 Å². The number of hydrogen-bond acceptors (Lipinski definition) is 6. The lowest BCUT2D eigenvalue weighted by Gasteiger charge is -2.50. The molecule has 0 saturated carbocycles. The van der Waals surface area contributed by atoms with Gasteiger partial charge in [-0.1, -0.05) is 66.7 Å². The number of β-lactam (4-membered cyclic amide) rings is 1. The molecule has 7 heteroatoms. The van der Waals surface area contributed by atoms with Gasteiger partial charge >= 0.3 is 5.97 Å². The van der Waals surface area contributed by atoms with E-state index in [9.17, 15) is 9.59 Å². The molecular weight excluding hydrogens is 492 g/mol. The minimum atomic E-state index is -0.547. The number of hydrogen-bond donors (Lipinski definition) is 1. The second-order valence-electron chi connectivity index (χ2n) is 9.16. The molecule has 1 fully saturated rings. The fourth-order valence-electron chi connectivity index (χ4n) is 4.69. The van der Waals surface area contributed by atoms with E-state index in [-0.39, 0.29) is 24.6 Å². The van der Waals surface area contributed by atoms with Crippen LogP contribution >= 0.6 is 0 Å². The molecule has 1 amide bonds. The summed E-state index contributed by atoms with van der Waals surface area (Å²) in [6.45, 7) is 3.80. The molecule has 3 aromatic rings. The van der Waals surface area contributed by atoms with Gasteiger partial charge in [-0.3, -0.25) is 4.79 Å². The zero-order chi connectivity index (χ0) is 27.8. The van der Waals surface area contributed by atoms with Gasteiger partial charge in [0.1, 0.15) is 17.5 Å². The van der Waals surface area contributed by atoms with Gasteiger partial charge in [0.15, 0.2) is 0 Å². The Morgan fingerprint density at radius 3 is 2.00 bits per heavy atom. The number of esters is 1. The molecule has 0 spiro atoms. The van der Waals surface area contributed by atoms with Gasteiger partial charge in [0.25, 0.3) is 0 Å². The average Bonchev–Trinajstić information content (AvgIpc) is 2.96. The van der Waals surface area contributed by atoms with E-state index in [1.807, 2.05) is 95.9 Å². The van der Waals surface area contributed by atoms with Gasteiger partial charge in [0.2, 0.25) is 5.91 Å². The van der Waals surface area contributed by atoms with Crippen LogP contribution in [-0.2, 0) is 14.3 Å². The summed E-state index contributed by atoms with van der Waals surface area (Å²) in [5.74, 6) is 0.951. The molecule has 0 aliphatic carbocycles. The van der Waals surface area contributed by atoms with Crippen molar-refractivity contribution in [2.75, 3.05) is 20.8 Å². The molecule has 0 radical (unpaired) electrons. The average molecular weight is 527 g/mol. The van der Waals surface area contributed by atoms with Gasteiger partial charge < -0.3 is 24.4 Å². The van der Waals surface area contributed by atoms with Gasteiger partial charge in [-0.25, -0.2) is 4.79 Å². The highest BCUT2D eigenvalue weighted by molar-refractivity contribution is 5.92. The highest BCUT2D eigenvalue weighted by atomic mass is 16.5. The maximum atomic E-state index is 13.8. The molecule has 2 unspecified atom stereocenters. The van der Waals surface area contributed by atoms with Crippen LogP contribution in [0.3, 0.4) is 0 Å². The number of rotatable bonds is 11. The predicted octanol–water partition coefficient (Wildman–Crippen LogP) is 5.14. The molecule has 7 nitrogen and oxygen atoms in total. The predicted molar refractivity (Wildman–Crippen MR) is 151 cm³/mol. The second-order valence-corrected chi connectivity index (χ2v) is 9.16. The molecule has 4 rings (SSSR count). The lowest BCUT2D eigenvalue weighted by Crippen LogP contribution is -2.69. The van der Waals surface area contributed by atoms with E-state index in [0.29, 0.717) is 5.70 Å². The van der Waals surface area contributed by atoms with Gasteiger partial charge in [-0.15, -0.1) is 0 Å². The van der Waals surface area contributed by atoms with E-state index < -0.39 is 12.0 Å². The fraction of sp³-hybridized carbons (Fsp3) is 0.250. The Hall–Kier alpha value is -4.52. The number of methoxy groups -OCH3 is 2. The first-order valence-electron chi connectivity index (χ1n) is 12.9. The summed E-state index contributed by atoms with van der Waals surface area (Å²) in [6, 6.07) is 24.2. The van der Waals surface area contributed by atoms with Crippen LogP contribution in [0.4, 0.5) is 0 Å². The van der Waals surface area contributed by atoms with Crippen molar-refractivity contribution in [3.63, 3.8) is 0 Å². The van der Waals surface area contributed by atoms with Crippen LogP contribution in [0.15, 0.2) is 96.7 Å². The molecule has 1 N–H and O–H groups in total. The standard InChI is InChI=1S/C32H34N2O5/c1-5-39-29(35)21-22(2)33-30-28(20-11-23-9-7-6-8-10-23)34(32(30)36)31(24-12-16-26(37-3)17-13-24)25-14-18-27(38-4)19-15-25/h6-21,28,30-31,33H,5H2,1-4H3. The third-order valence-electron chi connectivity index (χ3n) is 6.61. The number of carbonyl (C=O) groups is 2. The van der Waals surface area contributed by atoms with Crippen molar-refractivity contribution in [3.05, 3.63) is 113 Å². The minimum absolute atomic E-state index is 0.0778. The van der Waals surface area contributed by atoms with E-state index >= 15 is 0 Å². The fourth-order valence-corrected chi connectivity index (χ4v) is 4.69. The van der Waals surface area contributed by atoms with E-state index in [0.717, 1.165) is 28.2 Å². The van der Waals surface area contributed by atoms with E-state index in [4.69, 9.17) is 14.2 Å².